The second-order valence-corrected chi connectivity index (χ2v) is 10.6. The van der Waals surface area contributed by atoms with Gasteiger partial charge < -0.3 is 29.2 Å². The zero-order valence-electron chi connectivity index (χ0n) is 21.3. The van der Waals surface area contributed by atoms with Gasteiger partial charge in [0.1, 0.15) is 15.8 Å². The molecule has 1 N–H and O–H groups in total. The first-order valence-corrected chi connectivity index (χ1v) is 14.0. The molecule has 1 aromatic carbocycles. The van der Waals surface area contributed by atoms with Gasteiger partial charge in [-0.2, -0.15) is 0 Å². The van der Waals surface area contributed by atoms with Crippen LogP contribution in [0, 0.1) is 0 Å². The molecule has 2 amide bonds. The molecule has 0 saturated carbocycles. The number of hydrogen-bond acceptors (Lipinski definition) is 8. The van der Waals surface area contributed by atoms with Crippen molar-refractivity contribution in [1.82, 2.24) is 20.1 Å². The molecule has 5 rings (SSSR count). The molecule has 0 spiro atoms. The molecule has 2 saturated heterocycles. The van der Waals surface area contributed by atoms with Crippen LogP contribution in [0.15, 0.2) is 82.2 Å². The maximum Gasteiger partial charge on any atom is 0.270 e. The first-order chi connectivity index (χ1) is 19.1. The van der Waals surface area contributed by atoms with E-state index in [2.05, 4.69) is 20.1 Å². The second-order valence-electron chi connectivity index (χ2n) is 8.99. The highest BCUT2D eigenvalue weighted by Gasteiger charge is 2.26. The minimum Gasteiger partial charge on any atom is -0.450 e. The van der Waals surface area contributed by atoms with Gasteiger partial charge in [0.2, 0.25) is 0 Å². The SMILES string of the molecule is O=C(N/C(=C/c1ccc(SC(=S)N2CCOCC2)o1)C(=O)N1CCN(c2ccncc2)CC1)c1ccccc1. The van der Waals surface area contributed by atoms with Crippen molar-refractivity contribution in [2.75, 3.05) is 57.4 Å². The third-order valence-corrected chi connectivity index (χ3v) is 7.82. The molecule has 0 radical (unpaired) electrons. The number of aromatic nitrogens is 1. The van der Waals surface area contributed by atoms with Crippen molar-refractivity contribution in [1.29, 1.82) is 0 Å². The summed E-state index contributed by atoms with van der Waals surface area (Å²) in [7, 11) is 0. The van der Waals surface area contributed by atoms with E-state index in [1.54, 1.807) is 53.7 Å². The summed E-state index contributed by atoms with van der Waals surface area (Å²) < 4.78 is 12.1. The van der Waals surface area contributed by atoms with E-state index in [1.165, 1.54) is 11.8 Å². The molecule has 4 heterocycles. The van der Waals surface area contributed by atoms with Gasteiger partial charge in [-0.1, -0.05) is 30.4 Å². The summed E-state index contributed by atoms with van der Waals surface area (Å²) in [4.78, 5) is 36.7. The van der Waals surface area contributed by atoms with E-state index in [0.717, 1.165) is 18.8 Å². The van der Waals surface area contributed by atoms with Gasteiger partial charge >= 0.3 is 0 Å². The highest BCUT2D eigenvalue weighted by Crippen LogP contribution is 2.26. The number of pyridine rings is 1. The molecule has 0 bridgehead atoms. The fourth-order valence-electron chi connectivity index (χ4n) is 4.33. The van der Waals surface area contributed by atoms with E-state index in [4.69, 9.17) is 21.4 Å². The zero-order valence-corrected chi connectivity index (χ0v) is 23.0. The number of amides is 2. The zero-order chi connectivity index (χ0) is 27.0. The number of piperazine rings is 1. The van der Waals surface area contributed by atoms with Gasteiger partial charge in [0.25, 0.3) is 11.8 Å². The van der Waals surface area contributed by atoms with Crippen LogP contribution >= 0.6 is 24.0 Å². The lowest BCUT2D eigenvalue weighted by Gasteiger charge is -2.36. The van der Waals surface area contributed by atoms with Gasteiger partial charge in [-0.3, -0.25) is 14.6 Å². The van der Waals surface area contributed by atoms with Gasteiger partial charge in [0, 0.05) is 69.0 Å². The smallest absolute Gasteiger partial charge is 0.270 e. The quantitative estimate of drug-likeness (QED) is 0.275. The first-order valence-electron chi connectivity index (χ1n) is 12.7. The van der Waals surface area contributed by atoms with Gasteiger partial charge in [-0.05, 0) is 48.2 Å². The Morgan fingerprint density at radius 3 is 2.33 bits per heavy atom. The predicted molar refractivity (Wildman–Crippen MR) is 154 cm³/mol. The summed E-state index contributed by atoms with van der Waals surface area (Å²) in [5, 5.41) is 3.43. The largest absolute Gasteiger partial charge is 0.450 e. The highest BCUT2D eigenvalue weighted by molar-refractivity contribution is 8.22. The molecule has 2 aromatic heterocycles. The lowest BCUT2D eigenvalue weighted by molar-refractivity contribution is -0.127. The molecule has 39 heavy (non-hydrogen) atoms. The molecule has 2 aliphatic heterocycles. The Balaban J connectivity index is 1.30. The van der Waals surface area contributed by atoms with Crippen LogP contribution < -0.4 is 10.2 Å². The van der Waals surface area contributed by atoms with E-state index < -0.39 is 0 Å². The number of ether oxygens (including phenoxy) is 1. The van der Waals surface area contributed by atoms with Gasteiger partial charge in [-0.15, -0.1) is 0 Å². The number of carbonyl (C=O) groups is 2. The lowest BCUT2D eigenvalue weighted by Crippen LogP contribution is -2.50. The van der Waals surface area contributed by atoms with Gasteiger partial charge in [0.05, 0.1) is 13.2 Å². The van der Waals surface area contributed by atoms with Crippen LogP contribution in [0.5, 0.6) is 0 Å². The number of carbonyl (C=O) groups excluding carboxylic acids is 2. The Hall–Kier alpha value is -3.67. The monoisotopic (exact) mass is 563 g/mol. The molecule has 3 aromatic rings. The fraction of sp³-hybridized carbons (Fsp3) is 0.286. The van der Waals surface area contributed by atoms with Crippen molar-refractivity contribution in [2.24, 2.45) is 0 Å². The van der Waals surface area contributed by atoms with Crippen LogP contribution in [0.4, 0.5) is 5.69 Å². The average molecular weight is 564 g/mol. The van der Waals surface area contributed by atoms with Crippen molar-refractivity contribution in [3.63, 3.8) is 0 Å². The predicted octanol–water partition coefficient (Wildman–Crippen LogP) is 3.50. The lowest BCUT2D eigenvalue weighted by atomic mass is 10.2. The molecule has 2 fully saturated rings. The summed E-state index contributed by atoms with van der Waals surface area (Å²) in [5.41, 5.74) is 1.69. The van der Waals surface area contributed by atoms with Crippen LogP contribution in [-0.2, 0) is 9.53 Å². The summed E-state index contributed by atoms with van der Waals surface area (Å²) in [6.07, 6.45) is 5.10. The standard InChI is InChI=1S/C28H29N5O4S2/c34-26(21-4-2-1-3-5-21)30-24(27(35)32-14-12-31(13-15-32)22-8-10-29-11-9-22)20-23-6-7-25(37-23)39-28(38)33-16-18-36-19-17-33/h1-11,20H,12-19H2,(H,30,34)/b24-20+. The molecule has 11 heteroatoms. The third kappa shape index (κ3) is 7.05. The Morgan fingerprint density at radius 1 is 0.897 bits per heavy atom. The number of benzene rings is 1. The van der Waals surface area contributed by atoms with E-state index >= 15 is 0 Å². The molecular formula is C28H29N5O4S2. The third-order valence-electron chi connectivity index (χ3n) is 6.46. The Labute approximate surface area is 236 Å². The van der Waals surface area contributed by atoms with Gasteiger partial charge in [0.15, 0.2) is 5.09 Å². The van der Waals surface area contributed by atoms with E-state index in [1.807, 2.05) is 24.3 Å². The first kappa shape index (κ1) is 26.9. The molecule has 2 aliphatic rings. The Kier molecular flexibility index (Phi) is 8.92. The van der Waals surface area contributed by atoms with Crippen LogP contribution in [0.1, 0.15) is 16.1 Å². The molecule has 9 nitrogen and oxygen atoms in total. The minimum absolute atomic E-state index is 0.155. The van der Waals surface area contributed by atoms with Crippen LogP contribution in [0.2, 0.25) is 0 Å². The molecule has 0 aliphatic carbocycles. The van der Waals surface area contributed by atoms with Crippen LogP contribution in [-0.4, -0.2) is 83.4 Å². The number of nitrogens with zero attached hydrogens (tertiary/aromatic N) is 4. The highest BCUT2D eigenvalue weighted by atomic mass is 32.2. The normalized spacial score (nSPS) is 16.2. The fourth-order valence-corrected chi connectivity index (χ4v) is 5.52. The van der Waals surface area contributed by atoms with Crippen LogP contribution in [0.3, 0.4) is 0 Å². The minimum atomic E-state index is -0.361. The van der Waals surface area contributed by atoms with Crippen molar-refractivity contribution >= 4 is 51.9 Å². The van der Waals surface area contributed by atoms with E-state index in [-0.39, 0.29) is 17.5 Å². The van der Waals surface area contributed by atoms with Crippen molar-refractivity contribution in [2.45, 2.75) is 5.09 Å². The summed E-state index contributed by atoms with van der Waals surface area (Å²) in [6.45, 7) is 5.19. The Bertz CT molecular complexity index is 1320. The van der Waals surface area contributed by atoms with Crippen molar-refractivity contribution < 1.29 is 18.7 Å². The number of anilines is 1. The number of furan rings is 1. The Morgan fingerprint density at radius 2 is 1.62 bits per heavy atom. The number of morpholine rings is 1. The number of nitrogens with one attached hydrogen (secondary N) is 1. The van der Waals surface area contributed by atoms with Gasteiger partial charge in [-0.25, -0.2) is 0 Å². The average Bonchev–Trinajstić information content (AvgIpc) is 3.44. The molecule has 0 atom stereocenters. The molecule has 0 unspecified atom stereocenters. The molecule has 202 valence electrons. The van der Waals surface area contributed by atoms with Crippen molar-refractivity contribution in [3.8, 4) is 0 Å². The number of thiocarbonyl (C=S) groups is 1. The summed E-state index contributed by atoms with van der Waals surface area (Å²) in [6, 6.07) is 16.3. The number of rotatable bonds is 6. The van der Waals surface area contributed by atoms with Crippen molar-refractivity contribution in [3.05, 3.63) is 84.0 Å². The topological polar surface area (TPSA) is 91.1 Å². The maximum atomic E-state index is 13.6. The number of hydrogen-bond donors (Lipinski definition) is 1. The second kappa shape index (κ2) is 12.9. The van der Waals surface area contributed by atoms with Crippen LogP contribution in [0.25, 0.3) is 6.08 Å². The maximum absolute atomic E-state index is 13.6. The van der Waals surface area contributed by atoms with E-state index in [0.29, 0.717) is 60.1 Å². The summed E-state index contributed by atoms with van der Waals surface area (Å²) in [5.74, 6) is -0.169. The summed E-state index contributed by atoms with van der Waals surface area (Å²) >= 11 is 6.93. The van der Waals surface area contributed by atoms with E-state index in [9.17, 15) is 9.59 Å². The molecular weight excluding hydrogens is 534 g/mol. The number of thioether (sulfide) groups is 1.